The number of pyridine rings is 1. The van der Waals surface area contributed by atoms with Gasteiger partial charge < -0.3 is 5.11 Å². The summed E-state index contributed by atoms with van der Waals surface area (Å²) in [5.74, 6) is 1.66. The first kappa shape index (κ1) is 12.8. The van der Waals surface area contributed by atoms with E-state index in [0.29, 0.717) is 28.5 Å². The first-order chi connectivity index (χ1) is 8.08. The molecular weight excluding hydrogens is 234 g/mol. The van der Waals surface area contributed by atoms with E-state index in [2.05, 4.69) is 18.8 Å². The smallest absolute Gasteiger partial charge is 0.100 e. The van der Waals surface area contributed by atoms with Crippen LogP contribution in [0.2, 0.25) is 5.02 Å². The van der Waals surface area contributed by atoms with E-state index in [1.165, 1.54) is 6.42 Å². The van der Waals surface area contributed by atoms with Crippen LogP contribution in [-0.2, 0) is 0 Å². The van der Waals surface area contributed by atoms with Crippen LogP contribution in [-0.4, -0.2) is 10.1 Å². The minimum atomic E-state index is -0.520. The second-order valence-corrected chi connectivity index (χ2v) is 5.90. The molecule has 1 aliphatic rings. The van der Waals surface area contributed by atoms with Crippen molar-refractivity contribution in [3.63, 3.8) is 0 Å². The molecule has 3 unspecified atom stereocenters. The van der Waals surface area contributed by atoms with E-state index in [9.17, 15) is 5.11 Å². The van der Waals surface area contributed by atoms with Crippen molar-refractivity contribution in [3.8, 4) is 0 Å². The molecule has 0 aromatic carbocycles. The molecular formula is C14H20ClNO. The molecule has 1 heterocycles. The Labute approximate surface area is 108 Å². The third-order valence-electron chi connectivity index (χ3n) is 3.73. The summed E-state index contributed by atoms with van der Waals surface area (Å²) in [6.07, 6.45) is 4.57. The number of hydrogen-bond acceptors (Lipinski definition) is 2. The Morgan fingerprint density at radius 1 is 1.29 bits per heavy atom. The lowest BCUT2D eigenvalue weighted by molar-refractivity contribution is 0.0523. The highest BCUT2D eigenvalue weighted by Crippen LogP contribution is 2.40. The van der Waals surface area contributed by atoms with Crippen LogP contribution in [0.15, 0.2) is 18.3 Å². The van der Waals surface area contributed by atoms with Gasteiger partial charge in [-0.1, -0.05) is 25.4 Å². The average Bonchev–Trinajstić information content (AvgIpc) is 2.27. The Kier molecular flexibility index (Phi) is 4.05. The largest absolute Gasteiger partial charge is 0.386 e. The summed E-state index contributed by atoms with van der Waals surface area (Å²) in [6.45, 7) is 4.52. The van der Waals surface area contributed by atoms with Crippen LogP contribution >= 0.6 is 11.6 Å². The fourth-order valence-electron chi connectivity index (χ4n) is 3.11. The Morgan fingerprint density at radius 2 is 1.94 bits per heavy atom. The zero-order chi connectivity index (χ0) is 12.4. The number of rotatable bonds is 2. The Bertz CT molecular complexity index is 372. The van der Waals surface area contributed by atoms with Gasteiger partial charge in [-0.3, -0.25) is 4.98 Å². The van der Waals surface area contributed by atoms with Crippen LogP contribution in [0.1, 0.15) is 44.9 Å². The van der Waals surface area contributed by atoms with Crippen LogP contribution in [0.3, 0.4) is 0 Å². The fourth-order valence-corrected chi connectivity index (χ4v) is 3.34. The number of halogens is 1. The lowest BCUT2D eigenvalue weighted by atomic mass is 9.74. The Hall–Kier alpha value is -0.600. The summed E-state index contributed by atoms with van der Waals surface area (Å²) in [5.41, 5.74) is 0.639. The molecule has 3 heteroatoms. The summed E-state index contributed by atoms with van der Waals surface area (Å²) in [7, 11) is 0. The molecule has 0 amide bonds. The van der Waals surface area contributed by atoms with E-state index >= 15 is 0 Å². The highest BCUT2D eigenvalue weighted by molar-refractivity contribution is 6.31. The topological polar surface area (TPSA) is 33.1 Å². The number of nitrogens with zero attached hydrogens (tertiary/aromatic N) is 1. The average molecular weight is 254 g/mol. The molecule has 0 radical (unpaired) electrons. The van der Waals surface area contributed by atoms with Gasteiger partial charge in [0.1, 0.15) is 6.10 Å². The van der Waals surface area contributed by atoms with Crippen molar-refractivity contribution in [1.82, 2.24) is 4.98 Å². The molecule has 1 aromatic heterocycles. The maximum atomic E-state index is 10.4. The van der Waals surface area contributed by atoms with E-state index in [1.807, 2.05) is 0 Å². The SMILES string of the molecule is CC1CC(C)CC(C(O)c2ncccc2Cl)C1. The third kappa shape index (κ3) is 2.99. The summed E-state index contributed by atoms with van der Waals surface area (Å²) in [6, 6.07) is 3.59. The molecule has 1 aliphatic carbocycles. The van der Waals surface area contributed by atoms with Gasteiger partial charge in [0, 0.05) is 6.20 Å². The van der Waals surface area contributed by atoms with Gasteiger partial charge in [-0.25, -0.2) is 0 Å². The predicted octanol–water partition coefficient (Wildman–Crippen LogP) is 3.84. The quantitative estimate of drug-likeness (QED) is 0.869. The van der Waals surface area contributed by atoms with E-state index in [4.69, 9.17) is 11.6 Å². The summed E-state index contributed by atoms with van der Waals surface area (Å²) < 4.78 is 0. The highest BCUT2D eigenvalue weighted by Gasteiger charge is 2.31. The van der Waals surface area contributed by atoms with Crippen LogP contribution < -0.4 is 0 Å². The molecule has 1 aromatic rings. The second kappa shape index (κ2) is 5.36. The Morgan fingerprint density at radius 3 is 2.53 bits per heavy atom. The standard InChI is InChI=1S/C14H20ClNO/c1-9-6-10(2)8-11(7-9)14(17)13-12(15)4-3-5-16-13/h3-5,9-11,14,17H,6-8H2,1-2H3. The molecule has 3 atom stereocenters. The zero-order valence-electron chi connectivity index (χ0n) is 10.4. The molecule has 0 bridgehead atoms. The molecule has 2 nitrogen and oxygen atoms in total. The number of aliphatic hydroxyl groups excluding tert-OH is 1. The van der Waals surface area contributed by atoms with Crippen LogP contribution in [0.4, 0.5) is 0 Å². The van der Waals surface area contributed by atoms with Crippen LogP contribution in [0, 0.1) is 17.8 Å². The first-order valence-electron chi connectivity index (χ1n) is 6.36. The molecule has 1 saturated carbocycles. The van der Waals surface area contributed by atoms with Crippen molar-refractivity contribution in [2.45, 2.75) is 39.2 Å². The van der Waals surface area contributed by atoms with E-state index in [-0.39, 0.29) is 0 Å². The number of aromatic nitrogens is 1. The van der Waals surface area contributed by atoms with Crippen molar-refractivity contribution in [1.29, 1.82) is 0 Å². The van der Waals surface area contributed by atoms with Gasteiger partial charge in [-0.15, -0.1) is 0 Å². The molecule has 0 aliphatic heterocycles. The zero-order valence-corrected chi connectivity index (χ0v) is 11.2. The lowest BCUT2D eigenvalue weighted by Crippen LogP contribution is -2.25. The predicted molar refractivity (Wildman–Crippen MR) is 69.9 cm³/mol. The van der Waals surface area contributed by atoms with Gasteiger partial charge in [0.05, 0.1) is 10.7 Å². The molecule has 94 valence electrons. The lowest BCUT2D eigenvalue weighted by Gasteiger charge is -2.34. The second-order valence-electron chi connectivity index (χ2n) is 5.49. The number of hydrogen-bond donors (Lipinski definition) is 1. The molecule has 17 heavy (non-hydrogen) atoms. The van der Waals surface area contributed by atoms with Gasteiger partial charge in [0.15, 0.2) is 0 Å². The van der Waals surface area contributed by atoms with E-state index in [0.717, 1.165) is 12.8 Å². The molecule has 2 rings (SSSR count). The van der Waals surface area contributed by atoms with Crippen molar-refractivity contribution in [2.24, 2.45) is 17.8 Å². The van der Waals surface area contributed by atoms with Gasteiger partial charge in [-0.05, 0) is 49.1 Å². The van der Waals surface area contributed by atoms with E-state index < -0.39 is 6.10 Å². The first-order valence-corrected chi connectivity index (χ1v) is 6.74. The van der Waals surface area contributed by atoms with Crippen molar-refractivity contribution in [2.75, 3.05) is 0 Å². The highest BCUT2D eigenvalue weighted by atomic mass is 35.5. The molecule has 1 fully saturated rings. The van der Waals surface area contributed by atoms with E-state index in [1.54, 1.807) is 18.3 Å². The fraction of sp³-hybridized carbons (Fsp3) is 0.643. The van der Waals surface area contributed by atoms with Gasteiger partial charge >= 0.3 is 0 Å². The van der Waals surface area contributed by atoms with Crippen molar-refractivity contribution in [3.05, 3.63) is 29.0 Å². The van der Waals surface area contributed by atoms with Crippen molar-refractivity contribution < 1.29 is 5.11 Å². The van der Waals surface area contributed by atoms with Gasteiger partial charge in [0.2, 0.25) is 0 Å². The maximum Gasteiger partial charge on any atom is 0.100 e. The van der Waals surface area contributed by atoms with Crippen LogP contribution in [0.5, 0.6) is 0 Å². The van der Waals surface area contributed by atoms with Gasteiger partial charge in [-0.2, -0.15) is 0 Å². The summed E-state index contributed by atoms with van der Waals surface area (Å²) in [5, 5.41) is 11.0. The van der Waals surface area contributed by atoms with Crippen LogP contribution in [0.25, 0.3) is 0 Å². The third-order valence-corrected chi connectivity index (χ3v) is 4.05. The number of aliphatic hydroxyl groups is 1. The minimum Gasteiger partial charge on any atom is -0.386 e. The molecule has 0 saturated heterocycles. The molecule has 0 spiro atoms. The maximum absolute atomic E-state index is 10.4. The summed E-state index contributed by atoms with van der Waals surface area (Å²) >= 11 is 6.09. The minimum absolute atomic E-state index is 0.293. The Balaban J connectivity index is 2.14. The summed E-state index contributed by atoms with van der Waals surface area (Å²) in [4.78, 5) is 4.22. The normalized spacial score (nSPS) is 31.2. The van der Waals surface area contributed by atoms with Gasteiger partial charge in [0.25, 0.3) is 0 Å². The molecule has 1 N–H and O–H groups in total. The van der Waals surface area contributed by atoms with Crippen molar-refractivity contribution >= 4 is 11.6 Å². The monoisotopic (exact) mass is 253 g/mol.